The molecule has 1 N–H and O–H groups in total. The first kappa shape index (κ1) is 14.7. The number of hydrogen-bond donors (Lipinski definition) is 1. The first-order chi connectivity index (χ1) is 9.58. The molecule has 0 saturated carbocycles. The second-order valence-corrected chi connectivity index (χ2v) is 4.91. The van der Waals surface area contributed by atoms with Gasteiger partial charge in [0.25, 0.3) is 11.8 Å². The average molecular weight is 276 g/mol. The molecule has 1 aliphatic rings. The van der Waals surface area contributed by atoms with Crippen LogP contribution in [-0.4, -0.2) is 59.0 Å². The zero-order valence-corrected chi connectivity index (χ0v) is 11.9. The molecule has 0 spiro atoms. The summed E-state index contributed by atoms with van der Waals surface area (Å²) < 4.78 is 0. The van der Waals surface area contributed by atoms with Gasteiger partial charge in [-0.05, 0) is 25.2 Å². The van der Waals surface area contributed by atoms with Gasteiger partial charge in [0.2, 0.25) is 0 Å². The van der Waals surface area contributed by atoms with Crippen molar-refractivity contribution in [3.8, 4) is 0 Å². The van der Waals surface area contributed by atoms with Gasteiger partial charge in [-0.2, -0.15) is 0 Å². The lowest BCUT2D eigenvalue weighted by molar-refractivity contribution is 0.0482. The minimum absolute atomic E-state index is 0.0445. The smallest absolute Gasteiger partial charge is 0.261 e. The number of likely N-dealkylation sites (N-methyl/N-ethyl adjacent to an activating group) is 1. The SMILES string of the molecule is CCN(CC)CC(O)CN1C(=O)c2ccccc2C1=O. The van der Waals surface area contributed by atoms with Gasteiger partial charge in [-0.1, -0.05) is 26.0 Å². The van der Waals surface area contributed by atoms with Gasteiger partial charge in [-0.15, -0.1) is 0 Å². The third-order valence-corrected chi connectivity index (χ3v) is 3.63. The molecule has 0 aliphatic carbocycles. The number of fused-ring (bicyclic) bond motifs is 1. The van der Waals surface area contributed by atoms with Crippen molar-refractivity contribution < 1.29 is 14.7 Å². The average Bonchev–Trinajstić information content (AvgIpc) is 2.70. The van der Waals surface area contributed by atoms with Crippen molar-refractivity contribution in [2.75, 3.05) is 26.2 Å². The van der Waals surface area contributed by atoms with E-state index in [1.807, 2.05) is 13.8 Å². The van der Waals surface area contributed by atoms with Gasteiger partial charge < -0.3 is 10.0 Å². The monoisotopic (exact) mass is 276 g/mol. The third kappa shape index (κ3) is 2.73. The van der Waals surface area contributed by atoms with E-state index in [-0.39, 0.29) is 18.4 Å². The van der Waals surface area contributed by atoms with Gasteiger partial charge in [0.05, 0.1) is 23.8 Å². The van der Waals surface area contributed by atoms with Crippen molar-refractivity contribution in [2.45, 2.75) is 20.0 Å². The molecule has 0 aromatic heterocycles. The number of β-amino-alcohol motifs (C(OH)–C–C–N with tert-alkyl or cyclic N) is 1. The third-order valence-electron chi connectivity index (χ3n) is 3.63. The van der Waals surface area contributed by atoms with E-state index in [2.05, 4.69) is 4.90 Å². The summed E-state index contributed by atoms with van der Waals surface area (Å²) in [5, 5.41) is 10.1. The van der Waals surface area contributed by atoms with Gasteiger partial charge in [0.15, 0.2) is 0 Å². The van der Waals surface area contributed by atoms with Crippen LogP contribution in [0.3, 0.4) is 0 Å². The molecule has 5 nitrogen and oxygen atoms in total. The molecule has 1 aromatic carbocycles. The Hall–Kier alpha value is -1.72. The van der Waals surface area contributed by atoms with Crippen LogP contribution in [0.2, 0.25) is 0 Å². The Kier molecular flexibility index (Phi) is 4.52. The van der Waals surface area contributed by atoms with Crippen molar-refractivity contribution in [1.82, 2.24) is 9.80 Å². The number of carbonyl (C=O) groups is 2. The quantitative estimate of drug-likeness (QED) is 0.787. The lowest BCUT2D eigenvalue weighted by Crippen LogP contribution is -2.42. The summed E-state index contributed by atoms with van der Waals surface area (Å²) in [5.41, 5.74) is 0.847. The van der Waals surface area contributed by atoms with Crippen molar-refractivity contribution >= 4 is 11.8 Å². The fourth-order valence-electron chi connectivity index (χ4n) is 2.45. The summed E-state index contributed by atoms with van der Waals surface area (Å²) in [6.07, 6.45) is -0.725. The van der Waals surface area contributed by atoms with Crippen molar-refractivity contribution in [3.63, 3.8) is 0 Å². The fraction of sp³-hybridized carbons (Fsp3) is 0.467. The van der Waals surface area contributed by atoms with Gasteiger partial charge in [0.1, 0.15) is 0 Å². The molecule has 1 heterocycles. The van der Waals surface area contributed by atoms with E-state index in [0.29, 0.717) is 17.7 Å². The van der Waals surface area contributed by atoms with Gasteiger partial charge in [0, 0.05) is 6.54 Å². The lowest BCUT2D eigenvalue weighted by atomic mass is 10.1. The van der Waals surface area contributed by atoms with Crippen LogP contribution in [0.4, 0.5) is 0 Å². The van der Waals surface area contributed by atoms with E-state index < -0.39 is 6.10 Å². The van der Waals surface area contributed by atoms with Crippen LogP contribution in [0.25, 0.3) is 0 Å². The van der Waals surface area contributed by atoms with Crippen LogP contribution in [0.5, 0.6) is 0 Å². The van der Waals surface area contributed by atoms with Crippen LogP contribution in [0, 0.1) is 0 Å². The maximum absolute atomic E-state index is 12.1. The van der Waals surface area contributed by atoms with E-state index in [4.69, 9.17) is 0 Å². The molecule has 2 rings (SSSR count). The zero-order chi connectivity index (χ0) is 14.7. The molecule has 0 fully saturated rings. The summed E-state index contributed by atoms with van der Waals surface area (Å²) in [7, 11) is 0. The molecule has 0 radical (unpaired) electrons. The largest absolute Gasteiger partial charge is 0.390 e. The molecular formula is C15H20N2O3. The van der Waals surface area contributed by atoms with E-state index >= 15 is 0 Å². The number of hydrogen-bond acceptors (Lipinski definition) is 4. The normalized spacial score (nSPS) is 15.9. The highest BCUT2D eigenvalue weighted by molar-refractivity contribution is 6.21. The topological polar surface area (TPSA) is 60.9 Å². The minimum Gasteiger partial charge on any atom is -0.390 e. The Morgan fingerprint density at radius 2 is 1.60 bits per heavy atom. The Labute approximate surface area is 118 Å². The standard InChI is InChI=1S/C15H20N2O3/c1-3-16(4-2)9-11(18)10-17-14(19)12-7-5-6-8-13(12)15(17)20/h5-8,11,18H,3-4,9-10H2,1-2H3. The zero-order valence-electron chi connectivity index (χ0n) is 11.9. The highest BCUT2D eigenvalue weighted by Crippen LogP contribution is 2.22. The highest BCUT2D eigenvalue weighted by atomic mass is 16.3. The number of benzene rings is 1. The van der Waals surface area contributed by atoms with Crippen LogP contribution in [0.1, 0.15) is 34.6 Å². The predicted molar refractivity (Wildman–Crippen MR) is 75.6 cm³/mol. The fourth-order valence-corrected chi connectivity index (χ4v) is 2.45. The number of imide groups is 1. The Morgan fingerprint density at radius 1 is 1.10 bits per heavy atom. The Bertz CT molecular complexity index is 477. The Morgan fingerprint density at radius 3 is 2.05 bits per heavy atom. The van der Waals surface area contributed by atoms with Gasteiger partial charge >= 0.3 is 0 Å². The summed E-state index contributed by atoms with van der Waals surface area (Å²) in [6, 6.07) is 6.76. The first-order valence-electron chi connectivity index (χ1n) is 6.94. The summed E-state index contributed by atoms with van der Waals surface area (Å²) in [6.45, 7) is 6.19. The van der Waals surface area contributed by atoms with Crippen LogP contribution >= 0.6 is 0 Å². The van der Waals surface area contributed by atoms with Crippen LogP contribution in [0.15, 0.2) is 24.3 Å². The summed E-state index contributed by atoms with van der Waals surface area (Å²) in [4.78, 5) is 27.5. The lowest BCUT2D eigenvalue weighted by Gasteiger charge is -2.24. The van der Waals surface area contributed by atoms with Crippen molar-refractivity contribution in [1.29, 1.82) is 0 Å². The van der Waals surface area contributed by atoms with E-state index in [1.54, 1.807) is 24.3 Å². The summed E-state index contributed by atoms with van der Waals surface area (Å²) >= 11 is 0. The maximum atomic E-state index is 12.1. The van der Waals surface area contributed by atoms with Crippen molar-refractivity contribution in [2.24, 2.45) is 0 Å². The molecule has 1 aliphatic heterocycles. The number of aliphatic hydroxyl groups is 1. The van der Waals surface area contributed by atoms with Crippen LogP contribution < -0.4 is 0 Å². The number of rotatable bonds is 6. The van der Waals surface area contributed by atoms with E-state index in [1.165, 1.54) is 0 Å². The second-order valence-electron chi connectivity index (χ2n) is 4.91. The molecule has 2 amide bonds. The highest BCUT2D eigenvalue weighted by Gasteiger charge is 2.36. The minimum atomic E-state index is -0.725. The first-order valence-corrected chi connectivity index (χ1v) is 6.94. The van der Waals surface area contributed by atoms with E-state index in [0.717, 1.165) is 18.0 Å². The number of nitrogens with zero attached hydrogens (tertiary/aromatic N) is 2. The van der Waals surface area contributed by atoms with Crippen molar-refractivity contribution in [3.05, 3.63) is 35.4 Å². The molecule has 5 heteroatoms. The molecule has 108 valence electrons. The van der Waals surface area contributed by atoms with Crippen LogP contribution in [-0.2, 0) is 0 Å². The van der Waals surface area contributed by atoms with Gasteiger partial charge in [-0.3, -0.25) is 14.5 Å². The molecular weight excluding hydrogens is 256 g/mol. The molecule has 1 unspecified atom stereocenters. The molecule has 0 saturated heterocycles. The molecule has 20 heavy (non-hydrogen) atoms. The summed E-state index contributed by atoms with van der Waals surface area (Å²) in [5.74, 6) is -0.631. The van der Waals surface area contributed by atoms with Gasteiger partial charge in [-0.25, -0.2) is 0 Å². The maximum Gasteiger partial charge on any atom is 0.261 e. The number of carbonyl (C=O) groups excluding carboxylic acids is 2. The van der Waals surface area contributed by atoms with E-state index in [9.17, 15) is 14.7 Å². The predicted octanol–water partition coefficient (Wildman–Crippen LogP) is 0.985. The molecule has 0 bridgehead atoms. The molecule has 1 atom stereocenters. The second kappa shape index (κ2) is 6.15. The number of amides is 2. The number of aliphatic hydroxyl groups excluding tert-OH is 1. The molecule has 1 aromatic rings. The Balaban J connectivity index is 2.05.